The maximum atomic E-state index is 12.0. The minimum atomic E-state index is -0.702. The molecule has 252 valence electrons. The Morgan fingerprint density at radius 3 is 1.89 bits per heavy atom. The molecule has 4 fully saturated rings. The zero-order chi connectivity index (χ0) is 32.8. The van der Waals surface area contributed by atoms with Gasteiger partial charge in [-0.05, 0) is 121 Å². The molecule has 3 N–H and O–H groups in total. The van der Waals surface area contributed by atoms with Crippen LogP contribution in [-0.2, 0) is 10.3 Å². The van der Waals surface area contributed by atoms with Gasteiger partial charge in [0.2, 0.25) is 0 Å². The van der Waals surface area contributed by atoms with Crippen molar-refractivity contribution in [2.75, 3.05) is 6.61 Å². The first-order chi connectivity index (χ1) is 22.7. The molecular formula is C43H56O4. The van der Waals surface area contributed by atoms with Gasteiger partial charge in [-0.1, -0.05) is 112 Å². The van der Waals surface area contributed by atoms with E-state index in [1.165, 1.54) is 0 Å². The molecule has 0 bridgehead atoms. The van der Waals surface area contributed by atoms with Crippen LogP contribution in [0.4, 0.5) is 0 Å². The topological polar surface area (TPSA) is 69.9 Å². The number of hydrogen-bond donors (Lipinski definition) is 3. The summed E-state index contributed by atoms with van der Waals surface area (Å²) in [5.74, 6) is 2.17. The summed E-state index contributed by atoms with van der Waals surface area (Å²) in [7, 11) is 0. The first-order valence-corrected chi connectivity index (χ1v) is 18.5. The highest BCUT2D eigenvalue weighted by Gasteiger charge is 2.65. The van der Waals surface area contributed by atoms with Crippen LogP contribution in [0, 0.1) is 46.3 Å². The SMILES string of the molecule is C[C@H](CCCOC(c1ccccc1)(c1ccccc1)c1ccccc1)[C@H]1CC[C@H]2C3[C@H](O)CC4C[C@H](O)CC[C@]4(C)[C@H]3C[C@H](O)[C@]12C. The fourth-order valence-electron chi connectivity index (χ4n) is 11.7. The van der Waals surface area contributed by atoms with E-state index >= 15 is 0 Å². The van der Waals surface area contributed by atoms with E-state index in [0.717, 1.165) is 74.5 Å². The summed E-state index contributed by atoms with van der Waals surface area (Å²) < 4.78 is 7.11. The number of aliphatic hydroxyl groups is 3. The van der Waals surface area contributed by atoms with E-state index in [0.29, 0.717) is 36.2 Å². The summed E-state index contributed by atoms with van der Waals surface area (Å²) in [6, 6.07) is 31.8. The third-order valence-electron chi connectivity index (χ3n) is 14.2. The lowest BCUT2D eigenvalue weighted by Crippen LogP contribution is -2.62. The van der Waals surface area contributed by atoms with Crippen LogP contribution >= 0.6 is 0 Å². The molecule has 7 rings (SSSR count). The van der Waals surface area contributed by atoms with Crippen LogP contribution in [0.15, 0.2) is 91.0 Å². The van der Waals surface area contributed by atoms with Crippen molar-refractivity contribution in [2.45, 2.75) is 102 Å². The lowest BCUT2D eigenvalue weighted by Gasteiger charge is -2.63. The van der Waals surface area contributed by atoms with E-state index in [2.05, 4.69) is 112 Å². The standard InChI is InChI=1S/C43H56O4/c1-29(14-13-25-47-43(30-15-7-4-8-16-30,31-17-9-5-10-18-31)32-19-11-6-12-20-32)35-21-22-36-40-37(28-39(46)42(35,36)3)41(2)24-23-34(44)26-33(41)27-38(40)45/h4-12,15-20,29,33-40,44-46H,13-14,21-28H2,1-3H3/t29-,33?,34-,35-,36+,37+,38-,39+,40?,41+,42-/m1/s1. The van der Waals surface area contributed by atoms with Gasteiger partial charge in [-0.15, -0.1) is 0 Å². The first-order valence-electron chi connectivity index (χ1n) is 18.5. The molecule has 47 heavy (non-hydrogen) atoms. The van der Waals surface area contributed by atoms with Crippen LogP contribution in [0.1, 0.15) is 95.2 Å². The predicted octanol–water partition coefficient (Wildman–Crippen LogP) is 8.37. The molecule has 11 atom stereocenters. The van der Waals surface area contributed by atoms with Crippen LogP contribution in [-0.4, -0.2) is 40.2 Å². The number of hydrogen-bond acceptors (Lipinski definition) is 4. The van der Waals surface area contributed by atoms with Crippen molar-refractivity contribution in [2.24, 2.45) is 46.3 Å². The molecule has 0 saturated heterocycles. The first kappa shape index (κ1) is 33.0. The molecule has 4 nitrogen and oxygen atoms in total. The number of aliphatic hydroxyl groups excluding tert-OH is 3. The van der Waals surface area contributed by atoms with Gasteiger partial charge < -0.3 is 20.1 Å². The molecule has 4 heteroatoms. The smallest absolute Gasteiger partial charge is 0.143 e. The molecule has 2 unspecified atom stereocenters. The molecule has 0 heterocycles. The molecule has 4 aliphatic rings. The quantitative estimate of drug-likeness (QED) is 0.163. The Morgan fingerprint density at radius 2 is 1.32 bits per heavy atom. The molecule has 0 radical (unpaired) electrons. The Morgan fingerprint density at radius 1 is 0.745 bits per heavy atom. The average Bonchev–Trinajstić information content (AvgIpc) is 3.45. The van der Waals surface area contributed by atoms with Crippen molar-refractivity contribution in [3.63, 3.8) is 0 Å². The minimum absolute atomic E-state index is 0.106. The fourth-order valence-corrected chi connectivity index (χ4v) is 11.7. The van der Waals surface area contributed by atoms with Crippen LogP contribution in [0.2, 0.25) is 0 Å². The van der Waals surface area contributed by atoms with Gasteiger partial charge >= 0.3 is 0 Å². The van der Waals surface area contributed by atoms with Gasteiger partial charge in [0.15, 0.2) is 0 Å². The van der Waals surface area contributed by atoms with Gasteiger partial charge in [-0.25, -0.2) is 0 Å². The van der Waals surface area contributed by atoms with Crippen LogP contribution in [0.25, 0.3) is 0 Å². The molecule has 3 aromatic rings. The normalized spacial score (nSPS) is 37.4. The van der Waals surface area contributed by atoms with E-state index in [4.69, 9.17) is 4.74 Å². The molecular weight excluding hydrogens is 580 g/mol. The molecule has 0 spiro atoms. The predicted molar refractivity (Wildman–Crippen MR) is 188 cm³/mol. The highest BCUT2D eigenvalue weighted by atomic mass is 16.5. The lowest BCUT2D eigenvalue weighted by atomic mass is 9.43. The molecule has 4 aliphatic carbocycles. The van der Waals surface area contributed by atoms with Gasteiger partial charge in [0, 0.05) is 6.61 Å². The maximum Gasteiger partial charge on any atom is 0.143 e. The monoisotopic (exact) mass is 636 g/mol. The third kappa shape index (κ3) is 5.52. The van der Waals surface area contributed by atoms with E-state index in [9.17, 15) is 15.3 Å². The summed E-state index contributed by atoms with van der Waals surface area (Å²) in [6.07, 6.45) is 7.55. The van der Waals surface area contributed by atoms with Gasteiger partial charge in [-0.2, -0.15) is 0 Å². The van der Waals surface area contributed by atoms with Gasteiger partial charge in [0.05, 0.1) is 18.3 Å². The van der Waals surface area contributed by atoms with Crippen LogP contribution in [0.5, 0.6) is 0 Å². The second-order valence-electron chi connectivity index (χ2n) is 16.3. The second kappa shape index (κ2) is 13.1. The Bertz CT molecular complexity index is 1360. The zero-order valence-electron chi connectivity index (χ0n) is 28.7. The highest BCUT2D eigenvalue weighted by Crippen LogP contribution is 2.68. The lowest BCUT2D eigenvalue weighted by molar-refractivity contribution is -0.207. The fraction of sp³-hybridized carbons (Fsp3) is 0.581. The summed E-state index contributed by atoms with van der Waals surface area (Å²) in [4.78, 5) is 0. The zero-order valence-corrected chi connectivity index (χ0v) is 28.7. The Kier molecular flexibility index (Phi) is 9.19. The second-order valence-corrected chi connectivity index (χ2v) is 16.3. The summed E-state index contributed by atoms with van der Waals surface area (Å²) in [5, 5.41) is 34.2. The van der Waals surface area contributed by atoms with Crippen molar-refractivity contribution in [1.82, 2.24) is 0 Å². The molecule has 3 aromatic carbocycles. The molecule has 0 amide bonds. The Labute approximate surface area is 282 Å². The summed E-state index contributed by atoms with van der Waals surface area (Å²) in [6.45, 7) is 7.80. The highest BCUT2D eigenvalue weighted by molar-refractivity contribution is 5.47. The van der Waals surface area contributed by atoms with Gasteiger partial charge in [0.1, 0.15) is 5.60 Å². The number of ether oxygens (including phenoxy) is 1. The van der Waals surface area contributed by atoms with Gasteiger partial charge in [0.25, 0.3) is 0 Å². The van der Waals surface area contributed by atoms with Gasteiger partial charge in [-0.3, -0.25) is 0 Å². The van der Waals surface area contributed by atoms with Crippen molar-refractivity contribution in [3.05, 3.63) is 108 Å². The number of benzene rings is 3. The Balaban J connectivity index is 1.08. The van der Waals surface area contributed by atoms with Crippen molar-refractivity contribution >= 4 is 0 Å². The average molecular weight is 637 g/mol. The van der Waals surface area contributed by atoms with Crippen molar-refractivity contribution in [3.8, 4) is 0 Å². The maximum absolute atomic E-state index is 12.0. The van der Waals surface area contributed by atoms with E-state index in [1.54, 1.807) is 0 Å². The third-order valence-corrected chi connectivity index (χ3v) is 14.2. The molecule has 0 aromatic heterocycles. The minimum Gasteiger partial charge on any atom is -0.393 e. The molecule has 4 saturated carbocycles. The van der Waals surface area contributed by atoms with Crippen LogP contribution < -0.4 is 0 Å². The summed E-state index contributed by atoms with van der Waals surface area (Å²) in [5.41, 5.74) is 2.62. The number of fused-ring (bicyclic) bond motifs is 5. The summed E-state index contributed by atoms with van der Waals surface area (Å²) >= 11 is 0. The largest absolute Gasteiger partial charge is 0.393 e. The van der Waals surface area contributed by atoms with E-state index in [-0.39, 0.29) is 35.1 Å². The van der Waals surface area contributed by atoms with Crippen molar-refractivity contribution in [1.29, 1.82) is 0 Å². The van der Waals surface area contributed by atoms with E-state index < -0.39 is 5.60 Å². The van der Waals surface area contributed by atoms with Crippen LogP contribution in [0.3, 0.4) is 0 Å². The Hall–Kier alpha value is -2.50. The van der Waals surface area contributed by atoms with E-state index in [1.807, 2.05) is 0 Å². The number of rotatable bonds is 9. The molecule has 0 aliphatic heterocycles. The van der Waals surface area contributed by atoms with Crippen molar-refractivity contribution < 1.29 is 20.1 Å².